The van der Waals surface area contributed by atoms with Crippen molar-refractivity contribution in [2.24, 2.45) is 0 Å². The summed E-state index contributed by atoms with van der Waals surface area (Å²) in [4.78, 5) is 5.50. The Labute approximate surface area is 96.5 Å². The van der Waals surface area contributed by atoms with Gasteiger partial charge in [0, 0.05) is 6.54 Å². The van der Waals surface area contributed by atoms with Crippen LogP contribution in [0.4, 0.5) is 0 Å². The van der Waals surface area contributed by atoms with E-state index in [2.05, 4.69) is 20.5 Å². The summed E-state index contributed by atoms with van der Waals surface area (Å²) in [5.74, 6) is 1.54. The molecule has 0 bridgehead atoms. The monoisotopic (exact) mass is 236 g/mol. The smallest absolute Gasteiger partial charge is 0.191 e. The van der Waals surface area contributed by atoms with E-state index in [9.17, 15) is 5.11 Å². The van der Waals surface area contributed by atoms with Gasteiger partial charge in [0.1, 0.15) is 5.82 Å². The highest BCUT2D eigenvalue weighted by atomic mass is 32.1. The van der Waals surface area contributed by atoms with Gasteiger partial charge in [-0.05, 0) is 17.9 Å². The van der Waals surface area contributed by atoms with Crippen molar-refractivity contribution in [1.29, 1.82) is 0 Å². The lowest BCUT2D eigenvalue weighted by Crippen LogP contribution is -2.15. The number of thiophene rings is 1. The number of aromatic nitrogens is 3. The highest BCUT2D eigenvalue weighted by Crippen LogP contribution is 2.24. The highest BCUT2D eigenvalue weighted by Gasteiger charge is 2.26. The van der Waals surface area contributed by atoms with Crippen molar-refractivity contribution in [2.45, 2.75) is 18.6 Å². The predicted octanol–water partition coefficient (Wildman–Crippen LogP) is 0.928. The SMILES string of the molecule is O[C@H]1CN[C@H](c2nc(-c3cccs3)n[nH]2)C1. The van der Waals surface area contributed by atoms with E-state index in [1.807, 2.05) is 17.5 Å². The minimum Gasteiger partial charge on any atom is -0.392 e. The summed E-state index contributed by atoms with van der Waals surface area (Å²) in [5, 5.41) is 21.7. The lowest BCUT2D eigenvalue weighted by Gasteiger charge is -2.03. The number of aromatic amines is 1. The van der Waals surface area contributed by atoms with Gasteiger partial charge in [0.25, 0.3) is 0 Å². The van der Waals surface area contributed by atoms with Gasteiger partial charge in [0.2, 0.25) is 0 Å². The van der Waals surface area contributed by atoms with E-state index in [0.717, 1.165) is 16.5 Å². The Hall–Kier alpha value is -1.24. The molecule has 2 aromatic heterocycles. The fourth-order valence-corrected chi connectivity index (χ4v) is 2.53. The van der Waals surface area contributed by atoms with Crippen molar-refractivity contribution in [1.82, 2.24) is 20.5 Å². The van der Waals surface area contributed by atoms with Crippen LogP contribution in [0.5, 0.6) is 0 Å². The Bertz CT molecular complexity index is 467. The average Bonchev–Trinajstić information content (AvgIpc) is 2.97. The summed E-state index contributed by atoms with van der Waals surface area (Å²) in [7, 11) is 0. The standard InChI is InChI=1S/C10H12N4OS/c15-6-4-7(11-5-6)9-12-10(14-13-9)8-2-1-3-16-8/h1-3,6-7,11,15H,4-5H2,(H,12,13,14)/t6-,7+/m1/s1. The number of aliphatic hydroxyl groups excluding tert-OH is 1. The summed E-state index contributed by atoms with van der Waals surface area (Å²) in [6.45, 7) is 0.625. The first kappa shape index (κ1) is 9.95. The van der Waals surface area contributed by atoms with E-state index >= 15 is 0 Å². The molecule has 1 fully saturated rings. The van der Waals surface area contributed by atoms with Crippen molar-refractivity contribution in [3.8, 4) is 10.7 Å². The Morgan fingerprint density at radius 1 is 1.50 bits per heavy atom. The number of nitrogens with zero attached hydrogens (tertiary/aromatic N) is 2. The fourth-order valence-electron chi connectivity index (χ4n) is 1.87. The van der Waals surface area contributed by atoms with Crippen LogP contribution in [0.2, 0.25) is 0 Å². The number of aliphatic hydroxyl groups is 1. The Morgan fingerprint density at radius 3 is 3.12 bits per heavy atom. The lowest BCUT2D eigenvalue weighted by atomic mass is 10.2. The molecule has 0 unspecified atom stereocenters. The lowest BCUT2D eigenvalue weighted by molar-refractivity contribution is 0.193. The number of hydrogen-bond acceptors (Lipinski definition) is 5. The van der Waals surface area contributed by atoms with Crippen LogP contribution < -0.4 is 5.32 Å². The zero-order chi connectivity index (χ0) is 11.0. The molecular weight excluding hydrogens is 224 g/mol. The minimum atomic E-state index is -0.278. The quantitative estimate of drug-likeness (QED) is 0.725. The molecule has 6 heteroatoms. The molecule has 1 saturated heterocycles. The van der Waals surface area contributed by atoms with Crippen molar-refractivity contribution in [3.05, 3.63) is 23.3 Å². The molecule has 0 aromatic carbocycles. The van der Waals surface area contributed by atoms with Gasteiger partial charge in [-0.3, -0.25) is 5.10 Å². The summed E-state index contributed by atoms with van der Waals surface area (Å²) in [5.41, 5.74) is 0. The number of H-pyrrole nitrogens is 1. The second-order valence-corrected chi connectivity index (χ2v) is 4.82. The van der Waals surface area contributed by atoms with Crippen LogP contribution in [0.25, 0.3) is 10.7 Å². The second-order valence-electron chi connectivity index (χ2n) is 3.87. The summed E-state index contributed by atoms with van der Waals surface area (Å²) in [6, 6.07) is 4.07. The maximum atomic E-state index is 9.43. The van der Waals surface area contributed by atoms with E-state index in [1.165, 1.54) is 0 Å². The van der Waals surface area contributed by atoms with Crippen LogP contribution >= 0.6 is 11.3 Å². The summed E-state index contributed by atoms with van der Waals surface area (Å²) in [6.07, 6.45) is 0.416. The number of nitrogens with one attached hydrogen (secondary N) is 2. The van der Waals surface area contributed by atoms with Gasteiger partial charge in [0.05, 0.1) is 17.0 Å². The molecule has 0 amide bonds. The second kappa shape index (κ2) is 3.97. The Balaban J connectivity index is 1.83. The third-order valence-corrected chi connectivity index (χ3v) is 3.55. The molecule has 3 rings (SSSR count). The minimum absolute atomic E-state index is 0.0937. The van der Waals surface area contributed by atoms with Crippen molar-refractivity contribution < 1.29 is 5.11 Å². The number of hydrogen-bond donors (Lipinski definition) is 3. The van der Waals surface area contributed by atoms with Crippen LogP contribution in [0, 0.1) is 0 Å². The molecule has 0 spiro atoms. The van der Waals surface area contributed by atoms with Gasteiger partial charge in [-0.25, -0.2) is 4.98 Å². The zero-order valence-electron chi connectivity index (χ0n) is 8.55. The molecular formula is C10H12N4OS. The molecule has 1 aliphatic heterocycles. The molecule has 2 aromatic rings. The van der Waals surface area contributed by atoms with Gasteiger partial charge in [-0.2, -0.15) is 5.10 Å². The van der Waals surface area contributed by atoms with Crippen LogP contribution in [-0.2, 0) is 0 Å². The molecule has 0 aliphatic carbocycles. The van der Waals surface area contributed by atoms with E-state index in [4.69, 9.17) is 0 Å². The molecule has 0 radical (unpaired) electrons. The van der Waals surface area contributed by atoms with Crippen LogP contribution in [0.3, 0.4) is 0 Å². The normalized spacial score (nSPS) is 25.1. The largest absolute Gasteiger partial charge is 0.392 e. The van der Waals surface area contributed by atoms with Crippen molar-refractivity contribution >= 4 is 11.3 Å². The van der Waals surface area contributed by atoms with Crippen LogP contribution in [0.1, 0.15) is 18.3 Å². The maximum absolute atomic E-state index is 9.43. The van der Waals surface area contributed by atoms with Crippen LogP contribution in [0.15, 0.2) is 17.5 Å². The van der Waals surface area contributed by atoms with Crippen LogP contribution in [-0.4, -0.2) is 32.9 Å². The Kier molecular flexibility index (Phi) is 2.47. The molecule has 2 atom stereocenters. The van der Waals surface area contributed by atoms with Gasteiger partial charge in [0.15, 0.2) is 5.82 Å². The fraction of sp³-hybridized carbons (Fsp3) is 0.400. The average molecular weight is 236 g/mol. The van der Waals surface area contributed by atoms with E-state index in [0.29, 0.717) is 13.0 Å². The van der Waals surface area contributed by atoms with Gasteiger partial charge in [-0.1, -0.05) is 6.07 Å². The summed E-state index contributed by atoms with van der Waals surface area (Å²) < 4.78 is 0. The molecule has 3 N–H and O–H groups in total. The van der Waals surface area contributed by atoms with Gasteiger partial charge >= 0.3 is 0 Å². The summed E-state index contributed by atoms with van der Waals surface area (Å²) >= 11 is 1.62. The maximum Gasteiger partial charge on any atom is 0.191 e. The zero-order valence-corrected chi connectivity index (χ0v) is 9.37. The molecule has 0 saturated carbocycles. The van der Waals surface area contributed by atoms with Gasteiger partial charge in [-0.15, -0.1) is 11.3 Å². The molecule has 5 nitrogen and oxygen atoms in total. The third kappa shape index (κ3) is 1.75. The van der Waals surface area contributed by atoms with E-state index in [-0.39, 0.29) is 12.1 Å². The number of β-amino-alcohol motifs (C(OH)–C–C–N with tert-alkyl or cyclic N) is 1. The first-order valence-electron chi connectivity index (χ1n) is 5.20. The topological polar surface area (TPSA) is 73.8 Å². The first-order valence-corrected chi connectivity index (χ1v) is 6.08. The van der Waals surface area contributed by atoms with Crippen molar-refractivity contribution in [2.75, 3.05) is 6.54 Å². The van der Waals surface area contributed by atoms with E-state index < -0.39 is 0 Å². The third-order valence-electron chi connectivity index (χ3n) is 2.68. The molecule has 84 valence electrons. The molecule has 1 aliphatic rings. The molecule has 16 heavy (non-hydrogen) atoms. The first-order chi connectivity index (χ1) is 7.83. The predicted molar refractivity (Wildman–Crippen MR) is 61.1 cm³/mol. The highest BCUT2D eigenvalue weighted by molar-refractivity contribution is 7.13. The molecule has 3 heterocycles. The number of rotatable bonds is 2. The van der Waals surface area contributed by atoms with E-state index in [1.54, 1.807) is 11.3 Å². The Morgan fingerprint density at radius 2 is 2.44 bits per heavy atom. The van der Waals surface area contributed by atoms with Crippen molar-refractivity contribution in [3.63, 3.8) is 0 Å². The van der Waals surface area contributed by atoms with Gasteiger partial charge < -0.3 is 10.4 Å².